The van der Waals surface area contributed by atoms with E-state index in [-0.39, 0.29) is 24.2 Å². The zero-order valence-corrected chi connectivity index (χ0v) is 15.5. The molecule has 0 fully saturated rings. The number of amides is 1. The van der Waals surface area contributed by atoms with Crippen LogP contribution in [-0.2, 0) is 4.79 Å². The largest absolute Gasteiger partial charge is 0.321 e. The molecular weight excluding hydrogens is 354 g/mol. The molecule has 0 radical (unpaired) electrons. The fourth-order valence-corrected chi connectivity index (χ4v) is 3.28. The molecule has 0 spiro atoms. The van der Waals surface area contributed by atoms with Gasteiger partial charge < -0.3 is 10.2 Å². The molecule has 6 heteroatoms. The first-order valence-electron chi connectivity index (χ1n) is 9.01. The van der Waals surface area contributed by atoms with Gasteiger partial charge in [-0.25, -0.2) is 0 Å². The Morgan fingerprint density at radius 3 is 1.89 bits per heavy atom. The Balaban J connectivity index is 1.73. The van der Waals surface area contributed by atoms with Gasteiger partial charge in [0.25, 0.3) is 11.6 Å². The van der Waals surface area contributed by atoms with Crippen molar-refractivity contribution in [2.45, 2.75) is 6.04 Å². The highest BCUT2D eigenvalue weighted by atomic mass is 16.6. The van der Waals surface area contributed by atoms with Crippen molar-refractivity contribution >= 4 is 17.3 Å². The van der Waals surface area contributed by atoms with Crippen molar-refractivity contribution in [3.05, 3.63) is 106 Å². The van der Waals surface area contributed by atoms with Crippen molar-refractivity contribution in [2.24, 2.45) is 0 Å². The average molecular weight is 376 g/mol. The molecule has 1 amide bonds. The van der Waals surface area contributed by atoms with Gasteiger partial charge in [0.1, 0.15) is 6.04 Å². The van der Waals surface area contributed by atoms with Gasteiger partial charge in [-0.1, -0.05) is 60.7 Å². The highest BCUT2D eigenvalue weighted by Gasteiger charge is 2.24. The van der Waals surface area contributed by atoms with Crippen LogP contribution in [0.2, 0.25) is 0 Å². The van der Waals surface area contributed by atoms with Crippen LogP contribution in [-0.4, -0.2) is 24.4 Å². The highest BCUT2D eigenvalue weighted by Crippen LogP contribution is 2.19. The van der Waals surface area contributed by atoms with Crippen LogP contribution in [0, 0.1) is 10.1 Å². The molecule has 0 aliphatic heterocycles. The van der Waals surface area contributed by atoms with Crippen LogP contribution in [0.3, 0.4) is 0 Å². The molecule has 0 saturated carbocycles. The monoisotopic (exact) mass is 376 g/mol. The van der Waals surface area contributed by atoms with Crippen molar-refractivity contribution in [3.63, 3.8) is 0 Å². The third-order valence-electron chi connectivity index (χ3n) is 4.56. The number of anilines is 1. The second-order valence-electron chi connectivity index (χ2n) is 6.63. The first-order chi connectivity index (χ1) is 13.5. The molecule has 3 aromatic carbocycles. The molecule has 6 nitrogen and oxygen atoms in total. The lowest BCUT2D eigenvalue weighted by atomic mass is 9.97. The summed E-state index contributed by atoms with van der Waals surface area (Å²) in [5.41, 5.74) is 2.80. The number of benzene rings is 3. The van der Waals surface area contributed by atoms with Gasteiger partial charge in [0.2, 0.25) is 0 Å². The van der Waals surface area contributed by atoms with Crippen molar-refractivity contribution in [1.29, 1.82) is 0 Å². The summed E-state index contributed by atoms with van der Waals surface area (Å²) in [5.74, 6) is -0.150. The van der Waals surface area contributed by atoms with Crippen molar-refractivity contribution < 1.29 is 14.6 Å². The van der Waals surface area contributed by atoms with Gasteiger partial charge >= 0.3 is 0 Å². The molecular formula is C22H22N3O3+. The lowest BCUT2D eigenvalue weighted by Gasteiger charge is -2.25. The van der Waals surface area contributed by atoms with Gasteiger partial charge in [-0.05, 0) is 12.1 Å². The topological polar surface area (TPSA) is 76.7 Å². The molecule has 0 aliphatic carbocycles. The van der Waals surface area contributed by atoms with E-state index in [9.17, 15) is 14.9 Å². The number of nitrogens with zero attached hydrogens (tertiary/aromatic N) is 1. The summed E-state index contributed by atoms with van der Waals surface area (Å²) in [4.78, 5) is 23.8. The minimum Gasteiger partial charge on any atom is -0.321 e. The van der Waals surface area contributed by atoms with E-state index in [1.165, 1.54) is 24.3 Å². The molecule has 142 valence electrons. The minimum atomic E-state index is -0.464. The van der Waals surface area contributed by atoms with Crippen LogP contribution < -0.4 is 10.2 Å². The van der Waals surface area contributed by atoms with E-state index in [1.807, 2.05) is 43.4 Å². The summed E-state index contributed by atoms with van der Waals surface area (Å²) >= 11 is 0. The molecule has 2 N–H and O–H groups in total. The van der Waals surface area contributed by atoms with E-state index in [2.05, 4.69) is 29.6 Å². The lowest BCUT2D eigenvalue weighted by Crippen LogP contribution is -3.10. The summed E-state index contributed by atoms with van der Waals surface area (Å²) < 4.78 is 0. The molecule has 3 rings (SSSR count). The zero-order chi connectivity index (χ0) is 19.9. The fraction of sp³-hybridized carbons (Fsp3) is 0.136. The molecule has 0 aromatic heterocycles. The fourth-order valence-electron chi connectivity index (χ4n) is 3.28. The smallest absolute Gasteiger partial charge is 0.279 e. The van der Waals surface area contributed by atoms with E-state index in [4.69, 9.17) is 0 Å². The van der Waals surface area contributed by atoms with Crippen LogP contribution in [0.5, 0.6) is 0 Å². The van der Waals surface area contributed by atoms with E-state index >= 15 is 0 Å². The Labute approximate surface area is 163 Å². The SMILES string of the molecule is C[NH+](CC(=O)Nc1ccc([N+](=O)[O-])cc1)C(c1ccccc1)c1ccccc1. The summed E-state index contributed by atoms with van der Waals surface area (Å²) in [5, 5.41) is 13.6. The van der Waals surface area contributed by atoms with Crippen molar-refractivity contribution in [2.75, 3.05) is 18.9 Å². The van der Waals surface area contributed by atoms with Crippen LogP contribution >= 0.6 is 0 Å². The number of nitro groups is 1. The number of likely N-dealkylation sites (N-methyl/N-ethyl adjacent to an activating group) is 1. The average Bonchev–Trinajstić information content (AvgIpc) is 2.70. The molecule has 0 bridgehead atoms. The Morgan fingerprint density at radius 2 is 1.43 bits per heavy atom. The van der Waals surface area contributed by atoms with Crippen LogP contribution in [0.15, 0.2) is 84.9 Å². The van der Waals surface area contributed by atoms with Crippen molar-refractivity contribution in [1.82, 2.24) is 0 Å². The number of hydrogen-bond donors (Lipinski definition) is 2. The number of rotatable bonds is 7. The van der Waals surface area contributed by atoms with Gasteiger partial charge in [-0.3, -0.25) is 14.9 Å². The van der Waals surface area contributed by atoms with Gasteiger partial charge in [0, 0.05) is 28.9 Å². The summed E-state index contributed by atoms with van der Waals surface area (Å²) in [6.07, 6.45) is 0. The molecule has 1 unspecified atom stereocenters. The lowest BCUT2D eigenvalue weighted by molar-refractivity contribution is -0.897. The number of quaternary nitrogens is 1. The van der Waals surface area contributed by atoms with Gasteiger partial charge in [0.15, 0.2) is 6.54 Å². The van der Waals surface area contributed by atoms with E-state index in [1.54, 1.807) is 0 Å². The Morgan fingerprint density at radius 1 is 0.929 bits per heavy atom. The van der Waals surface area contributed by atoms with E-state index < -0.39 is 4.92 Å². The normalized spacial score (nSPS) is 11.8. The number of carbonyl (C=O) groups excluding carboxylic acids is 1. The van der Waals surface area contributed by atoms with Crippen LogP contribution in [0.25, 0.3) is 0 Å². The summed E-state index contributed by atoms with van der Waals surface area (Å²) in [6.45, 7) is 0.255. The molecule has 1 atom stereocenters. The Kier molecular flexibility index (Phi) is 6.14. The maximum Gasteiger partial charge on any atom is 0.279 e. The predicted molar refractivity (Wildman–Crippen MR) is 108 cm³/mol. The molecule has 3 aromatic rings. The maximum atomic E-state index is 12.5. The summed E-state index contributed by atoms with van der Waals surface area (Å²) in [6, 6.07) is 26.0. The second kappa shape index (κ2) is 8.92. The number of carbonyl (C=O) groups is 1. The first-order valence-corrected chi connectivity index (χ1v) is 9.01. The number of nitrogens with one attached hydrogen (secondary N) is 2. The third-order valence-corrected chi connectivity index (χ3v) is 4.56. The van der Waals surface area contributed by atoms with Gasteiger partial charge in [0.05, 0.1) is 12.0 Å². The Hall–Kier alpha value is -3.51. The quantitative estimate of drug-likeness (QED) is 0.492. The highest BCUT2D eigenvalue weighted by molar-refractivity contribution is 5.91. The standard InChI is InChI=1S/C22H21N3O3/c1-24(16-21(26)23-19-12-14-20(15-13-19)25(27)28)22(17-8-4-2-5-9-17)18-10-6-3-7-11-18/h2-15,22H,16H2,1H3,(H,23,26)/p+1. The number of hydrogen-bond acceptors (Lipinski definition) is 3. The van der Waals surface area contributed by atoms with Crippen LogP contribution in [0.1, 0.15) is 17.2 Å². The molecule has 0 aliphatic rings. The predicted octanol–water partition coefficient (Wildman–Crippen LogP) is 2.84. The number of nitro benzene ring substituents is 1. The number of non-ortho nitro benzene ring substituents is 1. The second-order valence-corrected chi connectivity index (χ2v) is 6.63. The molecule has 28 heavy (non-hydrogen) atoms. The zero-order valence-electron chi connectivity index (χ0n) is 15.5. The summed E-state index contributed by atoms with van der Waals surface area (Å²) in [7, 11) is 1.99. The van der Waals surface area contributed by atoms with E-state index in [0.717, 1.165) is 16.0 Å². The van der Waals surface area contributed by atoms with Gasteiger partial charge in [-0.2, -0.15) is 0 Å². The van der Waals surface area contributed by atoms with Crippen LogP contribution in [0.4, 0.5) is 11.4 Å². The first kappa shape index (κ1) is 19.3. The van der Waals surface area contributed by atoms with E-state index in [0.29, 0.717) is 5.69 Å². The molecule has 0 heterocycles. The maximum absolute atomic E-state index is 12.5. The van der Waals surface area contributed by atoms with Crippen molar-refractivity contribution in [3.8, 4) is 0 Å². The minimum absolute atomic E-state index is 0.00559. The Bertz CT molecular complexity index is 889. The molecule has 0 saturated heterocycles. The third kappa shape index (κ3) is 4.81. The van der Waals surface area contributed by atoms with Gasteiger partial charge in [-0.15, -0.1) is 0 Å².